The Morgan fingerprint density at radius 1 is 1.02 bits per heavy atom. The summed E-state index contributed by atoms with van der Waals surface area (Å²) in [5.41, 5.74) is 2.29. The fraction of sp³-hybridized carbons (Fsp3) is 0.176. The van der Waals surface area contributed by atoms with Crippen molar-refractivity contribution in [2.45, 2.75) is 31.2 Å². The van der Waals surface area contributed by atoms with Gasteiger partial charge < -0.3 is 19.6 Å². The zero-order valence-corrected chi connectivity index (χ0v) is 26.5. The summed E-state index contributed by atoms with van der Waals surface area (Å²) in [4.78, 5) is 25.4. The number of aliphatic carboxylic acids is 1. The molecule has 1 atom stereocenters. The first-order chi connectivity index (χ1) is 21.3. The van der Waals surface area contributed by atoms with Gasteiger partial charge in [0.15, 0.2) is 11.3 Å². The summed E-state index contributed by atoms with van der Waals surface area (Å²) in [7, 11) is -2.67. The van der Waals surface area contributed by atoms with Gasteiger partial charge in [0.05, 0.1) is 17.4 Å². The average Bonchev–Trinajstić information content (AvgIpc) is 3.31. The predicted molar refractivity (Wildman–Crippen MR) is 175 cm³/mol. The molecule has 0 bridgehead atoms. The number of rotatable bonds is 11. The molecule has 0 fully saturated rings. The summed E-state index contributed by atoms with van der Waals surface area (Å²) in [5, 5.41) is 13.8. The molecule has 0 aliphatic heterocycles. The van der Waals surface area contributed by atoms with E-state index in [9.17, 15) is 23.1 Å². The SMILES string of the molecule is C=C(Cl)c1ccc2oc(C(=O)Nc3ccc(-c4ccc(S(=O)(=O)N[C@@](C(=O)O)(C5=CC=C5)C(C)C)cc4)cc3)c(C)c2c1OC. The molecule has 3 aromatic carbocycles. The fourth-order valence-corrected chi connectivity index (χ4v) is 6.98. The second-order valence-electron chi connectivity index (χ2n) is 10.9. The van der Waals surface area contributed by atoms with E-state index in [0.717, 1.165) is 11.1 Å². The van der Waals surface area contributed by atoms with Crippen LogP contribution in [0.3, 0.4) is 0 Å². The number of halogens is 1. The topological polar surface area (TPSA) is 135 Å². The molecule has 0 unspecified atom stereocenters. The first-order valence-corrected chi connectivity index (χ1v) is 15.8. The van der Waals surface area contributed by atoms with Crippen molar-refractivity contribution in [1.82, 2.24) is 4.72 Å². The Balaban J connectivity index is 1.33. The van der Waals surface area contributed by atoms with E-state index in [2.05, 4.69) is 16.6 Å². The zero-order valence-electron chi connectivity index (χ0n) is 25.0. The molecule has 1 amide bonds. The number of sulfonamides is 1. The van der Waals surface area contributed by atoms with E-state index in [1.165, 1.54) is 19.2 Å². The Labute approximate surface area is 265 Å². The molecular weight excluding hydrogens is 616 g/mol. The molecule has 1 aliphatic rings. The van der Waals surface area contributed by atoms with E-state index < -0.39 is 33.4 Å². The number of furan rings is 1. The lowest BCUT2D eigenvalue weighted by Gasteiger charge is -2.36. The smallest absolute Gasteiger partial charge is 0.329 e. The zero-order chi connectivity index (χ0) is 32.7. The molecule has 5 rings (SSSR count). The number of methoxy groups -OCH3 is 1. The molecule has 0 saturated carbocycles. The maximum absolute atomic E-state index is 13.3. The van der Waals surface area contributed by atoms with E-state index in [4.69, 9.17) is 20.8 Å². The van der Waals surface area contributed by atoms with Gasteiger partial charge in [-0.05, 0) is 65.9 Å². The van der Waals surface area contributed by atoms with Crippen LogP contribution in [-0.4, -0.2) is 38.0 Å². The highest BCUT2D eigenvalue weighted by atomic mass is 35.5. The first-order valence-electron chi connectivity index (χ1n) is 13.9. The summed E-state index contributed by atoms with van der Waals surface area (Å²) in [6.07, 6.45) is 4.86. The van der Waals surface area contributed by atoms with Crippen LogP contribution >= 0.6 is 11.6 Å². The van der Waals surface area contributed by atoms with Crippen molar-refractivity contribution in [3.05, 3.63) is 108 Å². The molecule has 45 heavy (non-hydrogen) atoms. The molecular formula is C34H31ClN2O7S. The van der Waals surface area contributed by atoms with E-state index in [0.29, 0.717) is 44.1 Å². The van der Waals surface area contributed by atoms with Gasteiger partial charge in [-0.3, -0.25) is 4.79 Å². The molecule has 1 aliphatic carbocycles. The standard InChI is InChI=1S/C34H31ClN2O7S/c1-19(2)34(33(39)40,24-7-6-8-24)37-45(41,42)26-15-11-23(12-16-26)22-9-13-25(14-10-22)36-32(38)30-20(3)29-28(44-30)18-17-27(21(4)35)31(29)43-5/h6-19,37H,4H2,1-3,5H3,(H,36,38)(H,39,40)/t34-/m1/s1. The molecule has 1 heterocycles. The molecule has 0 radical (unpaired) electrons. The number of allylic oxidation sites excluding steroid dienone is 2. The van der Waals surface area contributed by atoms with Crippen LogP contribution in [0, 0.1) is 12.8 Å². The van der Waals surface area contributed by atoms with Crippen LogP contribution in [0.5, 0.6) is 5.75 Å². The van der Waals surface area contributed by atoms with Crippen LogP contribution < -0.4 is 14.8 Å². The van der Waals surface area contributed by atoms with E-state index in [-0.39, 0.29) is 10.7 Å². The van der Waals surface area contributed by atoms with Crippen molar-refractivity contribution in [2.24, 2.45) is 5.92 Å². The van der Waals surface area contributed by atoms with E-state index in [1.807, 2.05) is 0 Å². The molecule has 3 N–H and O–H groups in total. The maximum Gasteiger partial charge on any atom is 0.329 e. The van der Waals surface area contributed by atoms with Crippen LogP contribution in [0.25, 0.3) is 27.1 Å². The van der Waals surface area contributed by atoms with Gasteiger partial charge in [-0.1, -0.05) is 74.5 Å². The third kappa shape index (κ3) is 5.68. The minimum atomic E-state index is -4.18. The number of carbonyl (C=O) groups is 2. The number of nitrogens with one attached hydrogen (secondary N) is 2. The van der Waals surface area contributed by atoms with Crippen LogP contribution in [0.2, 0.25) is 0 Å². The number of hydrogen-bond donors (Lipinski definition) is 3. The number of benzene rings is 3. The number of hydrogen-bond acceptors (Lipinski definition) is 6. The van der Waals surface area contributed by atoms with Crippen molar-refractivity contribution in [3.8, 4) is 16.9 Å². The monoisotopic (exact) mass is 646 g/mol. The molecule has 0 saturated heterocycles. The van der Waals surface area contributed by atoms with Gasteiger partial charge in [0.2, 0.25) is 10.0 Å². The molecule has 11 heteroatoms. The molecule has 0 spiro atoms. The summed E-state index contributed by atoms with van der Waals surface area (Å²) < 4.78 is 40.4. The second kappa shape index (κ2) is 12.0. The Bertz CT molecular complexity index is 2010. The van der Waals surface area contributed by atoms with E-state index >= 15 is 0 Å². The number of anilines is 1. The molecule has 232 valence electrons. The lowest BCUT2D eigenvalue weighted by molar-refractivity contribution is -0.144. The normalized spacial score (nSPS) is 14.0. The van der Waals surface area contributed by atoms with Gasteiger partial charge in [0.25, 0.3) is 5.91 Å². The largest absolute Gasteiger partial charge is 0.495 e. The fourth-order valence-electron chi connectivity index (χ4n) is 5.36. The predicted octanol–water partition coefficient (Wildman–Crippen LogP) is 7.13. The second-order valence-corrected chi connectivity index (χ2v) is 13.0. The minimum absolute atomic E-state index is 0.0642. The lowest BCUT2D eigenvalue weighted by atomic mass is 9.77. The highest BCUT2D eigenvalue weighted by molar-refractivity contribution is 7.89. The van der Waals surface area contributed by atoms with Crippen molar-refractivity contribution in [1.29, 1.82) is 0 Å². The van der Waals surface area contributed by atoms with Gasteiger partial charge >= 0.3 is 5.97 Å². The highest BCUT2D eigenvalue weighted by Crippen LogP contribution is 2.39. The summed E-state index contributed by atoms with van der Waals surface area (Å²) in [6, 6.07) is 16.6. The quantitative estimate of drug-likeness (QED) is 0.158. The minimum Gasteiger partial charge on any atom is -0.495 e. The Morgan fingerprint density at radius 2 is 1.62 bits per heavy atom. The van der Waals surface area contributed by atoms with Crippen LogP contribution in [0.4, 0.5) is 5.69 Å². The van der Waals surface area contributed by atoms with E-state index in [1.54, 1.807) is 87.5 Å². The summed E-state index contributed by atoms with van der Waals surface area (Å²) >= 11 is 6.12. The molecule has 9 nitrogen and oxygen atoms in total. The van der Waals surface area contributed by atoms with Gasteiger partial charge in [-0.2, -0.15) is 4.72 Å². The lowest BCUT2D eigenvalue weighted by Crippen LogP contribution is -2.59. The van der Waals surface area contributed by atoms with Crippen molar-refractivity contribution in [2.75, 3.05) is 12.4 Å². The summed E-state index contributed by atoms with van der Waals surface area (Å²) in [6.45, 7) is 8.84. The Hall–Kier alpha value is -4.64. The number of carboxylic acid groups (broad SMARTS) is 1. The Morgan fingerprint density at radius 3 is 2.11 bits per heavy atom. The first kappa shape index (κ1) is 31.8. The van der Waals surface area contributed by atoms with Gasteiger partial charge in [0, 0.05) is 21.8 Å². The van der Waals surface area contributed by atoms with Gasteiger partial charge in [0.1, 0.15) is 11.3 Å². The van der Waals surface area contributed by atoms with Crippen molar-refractivity contribution >= 4 is 55.2 Å². The number of aryl methyl sites for hydroxylation is 1. The van der Waals surface area contributed by atoms with Crippen molar-refractivity contribution < 1.29 is 32.3 Å². The van der Waals surface area contributed by atoms with Gasteiger partial charge in [-0.25, -0.2) is 13.2 Å². The number of fused-ring (bicyclic) bond motifs is 1. The Kier molecular flexibility index (Phi) is 8.50. The van der Waals surface area contributed by atoms with Crippen molar-refractivity contribution in [3.63, 3.8) is 0 Å². The third-order valence-corrected chi connectivity index (χ3v) is 9.58. The number of carboxylic acids is 1. The number of carbonyl (C=O) groups excluding carboxylic acids is 1. The van der Waals surface area contributed by atoms with Gasteiger partial charge in [-0.15, -0.1) is 0 Å². The molecule has 1 aromatic heterocycles. The highest BCUT2D eigenvalue weighted by Gasteiger charge is 2.48. The average molecular weight is 647 g/mol. The van der Waals surface area contributed by atoms with Crippen LogP contribution in [0.15, 0.2) is 100 Å². The van der Waals surface area contributed by atoms with Crippen LogP contribution in [0.1, 0.15) is 35.5 Å². The number of ether oxygens (including phenoxy) is 1. The third-order valence-electron chi connectivity index (χ3n) is 7.90. The maximum atomic E-state index is 13.3. The summed E-state index contributed by atoms with van der Waals surface area (Å²) in [5.74, 6) is -1.67. The van der Waals surface area contributed by atoms with Crippen LogP contribution in [-0.2, 0) is 14.8 Å². The molecule has 4 aromatic rings. The number of amides is 1.